The number of anilines is 2. The van der Waals surface area contributed by atoms with E-state index in [-0.39, 0.29) is 27.8 Å². The fraction of sp³-hybridized carbons (Fsp3) is 0.235. The molecule has 1 atom stereocenters. The highest BCUT2D eigenvalue weighted by molar-refractivity contribution is 7.92. The first-order chi connectivity index (χ1) is 12.5. The van der Waals surface area contributed by atoms with Gasteiger partial charge in [-0.2, -0.15) is 0 Å². The number of nitrogens with zero attached hydrogens (tertiary/aromatic N) is 1. The van der Waals surface area contributed by atoms with Crippen LogP contribution in [0.3, 0.4) is 0 Å². The lowest BCUT2D eigenvalue weighted by atomic mass is 10.1. The van der Waals surface area contributed by atoms with E-state index in [1.807, 2.05) is 0 Å². The molecule has 0 saturated heterocycles. The predicted molar refractivity (Wildman–Crippen MR) is 103 cm³/mol. The van der Waals surface area contributed by atoms with E-state index in [2.05, 4.69) is 5.32 Å². The first kappa shape index (κ1) is 21.4. The Balaban J connectivity index is 2.40. The highest BCUT2D eigenvalue weighted by atomic mass is 35.5. The van der Waals surface area contributed by atoms with Gasteiger partial charge in [-0.3, -0.25) is 9.10 Å². The standard InChI is InChI=1S/C17H16Cl2F2N2O3S/c1-3-16(17(24)22-10-4-7-14(20)15(21)8-10)23(27(2,25)26)11-5-6-12(18)13(19)9-11/h4-9,16H,3H2,1-2H3,(H,22,24)/t16-/m0/s1. The normalized spacial score (nSPS) is 12.5. The lowest BCUT2D eigenvalue weighted by Gasteiger charge is -2.30. The van der Waals surface area contributed by atoms with Crippen LogP contribution in [0, 0.1) is 11.6 Å². The van der Waals surface area contributed by atoms with Gasteiger partial charge in [-0.05, 0) is 36.8 Å². The zero-order valence-corrected chi connectivity index (χ0v) is 16.7. The molecule has 0 unspecified atom stereocenters. The summed E-state index contributed by atoms with van der Waals surface area (Å²) in [5.74, 6) is -2.90. The van der Waals surface area contributed by atoms with Crippen LogP contribution in [0.15, 0.2) is 36.4 Å². The summed E-state index contributed by atoms with van der Waals surface area (Å²) < 4.78 is 52.0. The van der Waals surface area contributed by atoms with Crippen molar-refractivity contribution < 1.29 is 22.0 Å². The van der Waals surface area contributed by atoms with Crippen molar-refractivity contribution in [3.8, 4) is 0 Å². The summed E-state index contributed by atoms with van der Waals surface area (Å²) in [5.41, 5.74) is 0.152. The minimum absolute atomic E-state index is 0.0000560. The Kier molecular flexibility index (Phi) is 6.67. The second kappa shape index (κ2) is 8.41. The van der Waals surface area contributed by atoms with Crippen LogP contribution >= 0.6 is 23.2 Å². The van der Waals surface area contributed by atoms with E-state index >= 15 is 0 Å². The molecule has 0 bridgehead atoms. The Bertz CT molecular complexity index is 971. The molecule has 27 heavy (non-hydrogen) atoms. The number of hydrogen-bond donors (Lipinski definition) is 1. The third-order valence-corrected chi connectivity index (χ3v) is 5.59. The van der Waals surface area contributed by atoms with Crippen molar-refractivity contribution >= 4 is 50.5 Å². The van der Waals surface area contributed by atoms with Crippen molar-refractivity contribution in [1.29, 1.82) is 0 Å². The molecular formula is C17H16Cl2F2N2O3S. The van der Waals surface area contributed by atoms with Gasteiger partial charge in [0.2, 0.25) is 15.9 Å². The number of amides is 1. The molecule has 146 valence electrons. The molecule has 2 aromatic carbocycles. The van der Waals surface area contributed by atoms with Crippen LogP contribution in [0.1, 0.15) is 13.3 Å². The minimum Gasteiger partial charge on any atom is -0.324 e. The van der Waals surface area contributed by atoms with E-state index in [9.17, 15) is 22.0 Å². The Labute approximate surface area is 165 Å². The zero-order chi connectivity index (χ0) is 20.4. The molecule has 0 saturated carbocycles. The van der Waals surface area contributed by atoms with E-state index in [0.29, 0.717) is 0 Å². The number of nitrogens with one attached hydrogen (secondary N) is 1. The van der Waals surface area contributed by atoms with Crippen LogP contribution in [0.25, 0.3) is 0 Å². The van der Waals surface area contributed by atoms with Gasteiger partial charge >= 0.3 is 0 Å². The number of carbonyl (C=O) groups is 1. The Morgan fingerprint density at radius 2 is 1.78 bits per heavy atom. The van der Waals surface area contributed by atoms with E-state index in [1.54, 1.807) is 6.92 Å². The molecule has 1 N–H and O–H groups in total. The molecule has 2 rings (SSSR count). The fourth-order valence-corrected chi connectivity index (χ4v) is 3.98. The summed E-state index contributed by atoms with van der Waals surface area (Å²) in [6.07, 6.45) is 1.06. The first-order valence-electron chi connectivity index (χ1n) is 7.75. The van der Waals surface area contributed by atoms with Crippen LogP contribution in [-0.4, -0.2) is 26.6 Å². The maximum absolute atomic E-state index is 13.3. The largest absolute Gasteiger partial charge is 0.324 e. The topological polar surface area (TPSA) is 66.5 Å². The molecule has 1 amide bonds. The molecule has 0 aliphatic heterocycles. The van der Waals surface area contributed by atoms with Crippen LogP contribution in [0.5, 0.6) is 0 Å². The van der Waals surface area contributed by atoms with E-state index in [4.69, 9.17) is 23.2 Å². The molecule has 10 heteroatoms. The number of sulfonamides is 1. The number of rotatable bonds is 6. The molecular weight excluding hydrogens is 421 g/mol. The predicted octanol–water partition coefficient (Wildman–Crippen LogP) is 4.45. The highest BCUT2D eigenvalue weighted by Crippen LogP contribution is 2.30. The maximum atomic E-state index is 13.3. The summed E-state index contributed by atoms with van der Waals surface area (Å²) in [7, 11) is -3.87. The molecule has 0 aliphatic rings. The van der Waals surface area contributed by atoms with Crippen molar-refractivity contribution in [1.82, 2.24) is 0 Å². The molecule has 0 spiro atoms. The first-order valence-corrected chi connectivity index (χ1v) is 10.4. The van der Waals surface area contributed by atoms with Gasteiger partial charge in [0, 0.05) is 11.8 Å². The third kappa shape index (κ3) is 5.09. The van der Waals surface area contributed by atoms with Gasteiger partial charge < -0.3 is 5.32 Å². The number of halogens is 4. The minimum atomic E-state index is -3.87. The molecule has 0 aliphatic carbocycles. The lowest BCUT2D eigenvalue weighted by molar-refractivity contribution is -0.117. The van der Waals surface area contributed by atoms with Gasteiger partial charge in [-0.15, -0.1) is 0 Å². The van der Waals surface area contributed by atoms with Gasteiger partial charge in [-0.25, -0.2) is 17.2 Å². The second-order valence-corrected chi connectivity index (χ2v) is 8.37. The second-order valence-electron chi connectivity index (χ2n) is 5.70. The maximum Gasteiger partial charge on any atom is 0.248 e. The van der Waals surface area contributed by atoms with Crippen molar-refractivity contribution in [2.24, 2.45) is 0 Å². The quantitative estimate of drug-likeness (QED) is 0.726. The van der Waals surface area contributed by atoms with Crippen LogP contribution < -0.4 is 9.62 Å². The van der Waals surface area contributed by atoms with Gasteiger partial charge in [0.1, 0.15) is 6.04 Å². The number of carbonyl (C=O) groups excluding carboxylic acids is 1. The van der Waals surface area contributed by atoms with Crippen LogP contribution in [0.4, 0.5) is 20.2 Å². The summed E-state index contributed by atoms with van der Waals surface area (Å²) in [5, 5.41) is 2.75. The smallest absolute Gasteiger partial charge is 0.248 e. The molecule has 2 aromatic rings. The number of benzene rings is 2. The SMILES string of the molecule is CC[C@@H](C(=O)Nc1ccc(F)c(F)c1)N(c1ccc(Cl)c(Cl)c1)S(C)(=O)=O. The van der Waals surface area contributed by atoms with E-state index < -0.39 is 33.6 Å². The van der Waals surface area contributed by atoms with Gasteiger partial charge in [0.15, 0.2) is 11.6 Å². The van der Waals surface area contributed by atoms with Crippen molar-refractivity contribution in [3.63, 3.8) is 0 Å². The van der Waals surface area contributed by atoms with E-state index in [1.165, 1.54) is 24.3 Å². The molecule has 0 radical (unpaired) electrons. The Hall–Kier alpha value is -1.90. The zero-order valence-electron chi connectivity index (χ0n) is 14.3. The molecule has 0 fully saturated rings. The summed E-state index contributed by atoms with van der Waals surface area (Å²) in [4.78, 5) is 12.7. The van der Waals surface area contributed by atoms with Crippen LogP contribution in [0.2, 0.25) is 10.0 Å². The van der Waals surface area contributed by atoms with Crippen molar-refractivity contribution in [3.05, 3.63) is 58.1 Å². The summed E-state index contributed by atoms with van der Waals surface area (Å²) in [6, 6.07) is 5.86. The lowest BCUT2D eigenvalue weighted by Crippen LogP contribution is -2.47. The Morgan fingerprint density at radius 3 is 2.30 bits per heavy atom. The van der Waals surface area contributed by atoms with E-state index in [0.717, 1.165) is 22.7 Å². The fourth-order valence-electron chi connectivity index (χ4n) is 2.48. The summed E-state index contributed by atoms with van der Waals surface area (Å²) in [6.45, 7) is 1.62. The summed E-state index contributed by atoms with van der Waals surface area (Å²) >= 11 is 11.8. The number of hydrogen-bond acceptors (Lipinski definition) is 3. The van der Waals surface area contributed by atoms with Gasteiger partial charge in [0.05, 0.1) is 22.0 Å². The average Bonchev–Trinajstić information content (AvgIpc) is 2.57. The highest BCUT2D eigenvalue weighted by Gasteiger charge is 2.32. The van der Waals surface area contributed by atoms with Crippen molar-refractivity contribution in [2.75, 3.05) is 15.9 Å². The van der Waals surface area contributed by atoms with Crippen molar-refractivity contribution in [2.45, 2.75) is 19.4 Å². The van der Waals surface area contributed by atoms with Gasteiger partial charge in [0.25, 0.3) is 0 Å². The van der Waals surface area contributed by atoms with Gasteiger partial charge in [-0.1, -0.05) is 30.1 Å². The molecule has 0 heterocycles. The Morgan fingerprint density at radius 1 is 1.11 bits per heavy atom. The van der Waals surface area contributed by atoms with Crippen LogP contribution in [-0.2, 0) is 14.8 Å². The molecule has 5 nitrogen and oxygen atoms in total. The monoisotopic (exact) mass is 436 g/mol. The molecule has 0 aromatic heterocycles. The third-order valence-electron chi connectivity index (χ3n) is 3.67. The average molecular weight is 437 g/mol.